The van der Waals surface area contributed by atoms with Gasteiger partial charge in [0.05, 0.1) is 11.6 Å². The van der Waals surface area contributed by atoms with Crippen LogP contribution in [0, 0.1) is 5.92 Å². The lowest BCUT2D eigenvalue weighted by Gasteiger charge is -2.16. The van der Waals surface area contributed by atoms with Gasteiger partial charge in [-0.1, -0.05) is 13.3 Å². The summed E-state index contributed by atoms with van der Waals surface area (Å²) in [4.78, 5) is 8.48. The van der Waals surface area contributed by atoms with E-state index >= 15 is 0 Å². The fourth-order valence-corrected chi connectivity index (χ4v) is 2.28. The van der Waals surface area contributed by atoms with E-state index in [-0.39, 0.29) is 6.61 Å². The molecule has 19 heavy (non-hydrogen) atoms. The Hall–Kier alpha value is -1.69. The first-order valence-corrected chi connectivity index (χ1v) is 6.73. The Kier molecular flexibility index (Phi) is 4.68. The van der Waals surface area contributed by atoms with E-state index in [0.29, 0.717) is 5.92 Å². The summed E-state index contributed by atoms with van der Waals surface area (Å²) >= 11 is 0. The van der Waals surface area contributed by atoms with Gasteiger partial charge in [0.15, 0.2) is 5.65 Å². The molecule has 0 radical (unpaired) electrons. The topological polar surface area (TPSA) is 75.9 Å². The summed E-state index contributed by atoms with van der Waals surface area (Å²) in [6, 6.07) is 0. The zero-order valence-corrected chi connectivity index (χ0v) is 11.5. The predicted octanol–water partition coefficient (Wildman–Crippen LogP) is 1.57. The highest BCUT2D eigenvalue weighted by Gasteiger charge is 2.11. The van der Waals surface area contributed by atoms with Gasteiger partial charge in [-0.2, -0.15) is 5.10 Å². The molecule has 1 unspecified atom stereocenters. The number of aliphatic hydroxyl groups excluding tert-OH is 1. The average Bonchev–Trinajstić information content (AvgIpc) is 2.79. The first kappa shape index (κ1) is 13.7. The minimum absolute atomic E-state index is 0.235. The second kappa shape index (κ2) is 6.47. The molecule has 0 aliphatic carbocycles. The SMILES string of the molecule is CCCC(CCO)CNc1ncnc2c1cnn2C. The minimum Gasteiger partial charge on any atom is -0.396 e. The maximum atomic E-state index is 9.07. The van der Waals surface area contributed by atoms with Crippen LogP contribution in [0.4, 0.5) is 5.82 Å². The number of hydrogen-bond acceptors (Lipinski definition) is 5. The third-order valence-electron chi connectivity index (χ3n) is 3.32. The Morgan fingerprint density at radius 3 is 2.95 bits per heavy atom. The van der Waals surface area contributed by atoms with E-state index in [1.165, 1.54) is 0 Å². The standard InChI is InChI=1S/C13H21N5O/c1-3-4-10(5-6-19)7-14-12-11-8-17-18(2)13(11)16-9-15-12/h8-10,19H,3-7H2,1-2H3,(H,14,15,16). The van der Waals surface area contributed by atoms with Crippen LogP contribution in [0.2, 0.25) is 0 Å². The van der Waals surface area contributed by atoms with Crippen molar-refractivity contribution in [1.82, 2.24) is 19.7 Å². The monoisotopic (exact) mass is 263 g/mol. The molecule has 2 rings (SSSR count). The van der Waals surface area contributed by atoms with Gasteiger partial charge < -0.3 is 10.4 Å². The van der Waals surface area contributed by atoms with E-state index in [4.69, 9.17) is 5.11 Å². The smallest absolute Gasteiger partial charge is 0.163 e. The highest BCUT2D eigenvalue weighted by atomic mass is 16.3. The normalized spacial score (nSPS) is 12.8. The van der Waals surface area contributed by atoms with Crippen molar-refractivity contribution in [3.05, 3.63) is 12.5 Å². The van der Waals surface area contributed by atoms with Crippen LogP contribution in [-0.4, -0.2) is 38.0 Å². The molecule has 0 saturated heterocycles. The largest absolute Gasteiger partial charge is 0.396 e. The van der Waals surface area contributed by atoms with Gasteiger partial charge in [-0.15, -0.1) is 0 Å². The second-order valence-corrected chi connectivity index (χ2v) is 4.78. The summed E-state index contributed by atoms with van der Waals surface area (Å²) in [5.41, 5.74) is 0.826. The molecule has 1 atom stereocenters. The molecule has 0 spiro atoms. The van der Waals surface area contributed by atoms with E-state index in [2.05, 4.69) is 27.3 Å². The molecule has 2 aromatic heterocycles. The number of aliphatic hydroxyl groups is 1. The molecule has 0 aromatic carbocycles. The minimum atomic E-state index is 0.235. The van der Waals surface area contributed by atoms with Crippen molar-refractivity contribution in [2.24, 2.45) is 13.0 Å². The Labute approximate surface area is 112 Å². The van der Waals surface area contributed by atoms with Crippen LogP contribution in [0.1, 0.15) is 26.2 Å². The molecule has 0 aliphatic rings. The molecule has 0 amide bonds. The number of nitrogens with one attached hydrogen (secondary N) is 1. The highest BCUT2D eigenvalue weighted by molar-refractivity contribution is 5.85. The molecule has 104 valence electrons. The van der Waals surface area contributed by atoms with Gasteiger partial charge >= 0.3 is 0 Å². The summed E-state index contributed by atoms with van der Waals surface area (Å²) < 4.78 is 1.74. The lowest BCUT2D eigenvalue weighted by molar-refractivity contribution is 0.255. The lowest BCUT2D eigenvalue weighted by atomic mass is 10.0. The van der Waals surface area contributed by atoms with Crippen molar-refractivity contribution in [2.75, 3.05) is 18.5 Å². The highest BCUT2D eigenvalue weighted by Crippen LogP contribution is 2.19. The molecular weight excluding hydrogens is 242 g/mol. The number of anilines is 1. The van der Waals surface area contributed by atoms with E-state index < -0.39 is 0 Å². The van der Waals surface area contributed by atoms with Crippen molar-refractivity contribution in [2.45, 2.75) is 26.2 Å². The molecule has 0 fully saturated rings. The third-order valence-corrected chi connectivity index (χ3v) is 3.32. The van der Waals surface area contributed by atoms with Gasteiger partial charge in [-0.05, 0) is 18.8 Å². The lowest BCUT2D eigenvalue weighted by Crippen LogP contribution is -2.16. The maximum Gasteiger partial charge on any atom is 0.163 e. The summed E-state index contributed by atoms with van der Waals surface area (Å²) in [5, 5.41) is 17.5. The number of fused-ring (bicyclic) bond motifs is 1. The van der Waals surface area contributed by atoms with Crippen molar-refractivity contribution < 1.29 is 5.11 Å². The number of aryl methyl sites for hydroxylation is 1. The first-order chi connectivity index (χ1) is 9.26. The zero-order chi connectivity index (χ0) is 13.7. The van der Waals surface area contributed by atoms with Crippen molar-refractivity contribution in [3.8, 4) is 0 Å². The van der Waals surface area contributed by atoms with Crippen LogP contribution in [0.5, 0.6) is 0 Å². The van der Waals surface area contributed by atoms with Gasteiger partial charge in [0.25, 0.3) is 0 Å². The fraction of sp³-hybridized carbons (Fsp3) is 0.615. The van der Waals surface area contributed by atoms with Crippen LogP contribution in [0.25, 0.3) is 11.0 Å². The van der Waals surface area contributed by atoms with Gasteiger partial charge in [-0.3, -0.25) is 4.68 Å². The quantitative estimate of drug-likeness (QED) is 0.793. The summed E-state index contributed by atoms with van der Waals surface area (Å²) in [7, 11) is 1.87. The predicted molar refractivity (Wildman–Crippen MR) is 74.9 cm³/mol. The van der Waals surface area contributed by atoms with Crippen molar-refractivity contribution in [3.63, 3.8) is 0 Å². The number of hydrogen-bond donors (Lipinski definition) is 2. The number of rotatable bonds is 7. The molecule has 6 heteroatoms. The van der Waals surface area contributed by atoms with Crippen LogP contribution in [0.15, 0.2) is 12.5 Å². The van der Waals surface area contributed by atoms with Crippen LogP contribution in [0.3, 0.4) is 0 Å². The summed E-state index contributed by atoms with van der Waals surface area (Å²) in [5.74, 6) is 1.29. The van der Waals surface area contributed by atoms with E-state index in [1.54, 1.807) is 17.2 Å². The Morgan fingerprint density at radius 2 is 2.21 bits per heavy atom. The summed E-state index contributed by atoms with van der Waals surface area (Å²) in [6.07, 6.45) is 6.38. The van der Waals surface area contributed by atoms with Crippen LogP contribution in [-0.2, 0) is 7.05 Å². The third kappa shape index (κ3) is 3.20. The molecule has 0 saturated carbocycles. The fourth-order valence-electron chi connectivity index (χ4n) is 2.28. The Balaban J connectivity index is 2.08. The van der Waals surface area contributed by atoms with E-state index in [0.717, 1.165) is 42.7 Å². The van der Waals surface area contributed by atoms with Crippen molar-refractivity contribution >= 4 is 16.9 Å². The number of aromatic nitrogens is 4. The zero-order valence-electron chi connectivity index (χ0n) is 11.5. The average molecular weight is 263 g/mol. The molecule has 6 nitrogen and oxygen atoms in total. The first-order valence-electron chi connectivity index (χ1n) is 6.73. The molecule has 2 aromatic rings. The summed E-state index contributed by atoms with van der Waals surface area (Å²) in [6.45, 7) is 3.21. The molecule has 2 heterocycles. The molecule has 0 aliphatic heterocycles. The molecule has 0 bridgehead atoms. The van der Waals surface area contributed by atoms with Gasteiger partial charge in [0.1, 0.15) is 12.1 Å². The maximum absolute atomic E-state index is 9.07. The number of nitrogens with zero attached hydrogens (tertiary/aromatic N) is 4. The Morgan fingerprint density at radius 1 is 1.37 bits per heavy atom. The van der Waals surface area contributed by atoms with Gasteiger partial charge in [0.2, 0.25) is 0 Å². The van der Waals surface area contributed by atoms with Gasteiger partial charge in [-0.25, -0.2) is 9.97 Å². The van der Waals surface area contributed by atoms with Crippen LogP contribution >= 0.6 is 0 Å². The van der Waals surface area contributed by atoms with Gasteiger partial charge in [0, 0.05) is 20.2 Å². The van der Waals surface area contributed by atoms with E-state index in [1.807, 2.05) is 7.05 Å². The molecular formula is C13H21N5O. The molecule has 2 N–H and O–H groups in total. The second-order valence-electron chi connectivity index (χ2n) is 4.78. The van der Waals surface area contributed by atoms with E-state index in [9.17, 15) is 0 Å². The van der Waals surface area contributed by atoms with Crippen LogP contribution < -0.4 is 5.32 Å². The van der Waals surface area contributed by atoms with Crippen molar-refractivity contribution in [1.29, 1.82) is 0 Å². The Bertz CT molecular complexity index is 519.